The van der Waals surface area contributed by atoms with Crippen LogP contribution in [0.4, 0.5) is 0 Å². The molecule has 106 valence electrons. The second kappa shape index (κ2) is 5.70. The van der Waals surface area contributed by atoms with Gasteiger partial charge in [0.15, 0.2) is 5.56 Å². The Kier molecular flexibility index (Phi) is 3.99. The van der Waals surface area contributed by atoms with E-state index in [1.165, 1.54) is 10.6 Å². The van der Waals surface area contributed by atoms with E-state index >= 15 is 0 Å². The lowest BCUT2D eigenvalue weighted by molar-refractivity contribution is 0.0946. The normalized spacial score (nSPS) is 10.9. The lowest BCUT2D eigenvalue weighted by Gasteiger charge is -2.11. The molecule has 2 rings (SSSR count). The maximum Gasteiger partial charge on any atom is 0.274 e. The number of rotatable bonds is 4. The average Bonchev–Trinajstić information content (AvgIpc) is 2.38. The van der Waals surface area contributed by atoms with Crippen LogP contribution in [0.1, 0.15) is 10.4 Å². The number of nitrogens with one attached hydrogen (secondary N) is 1. The van der Waals surface area contributed by atoms with E-state index in [0.717, 1.165) is 0 Å². The minimum absolute atomic E-state index is 0.292. The van der Waals surface area contributed by atoms with Crippen LogP contribution in [0.25, 0.3) is 5.65 Å². The van der Waals surface area contributed by atoms with Crippen molar-refractivity contribution in [2.75, 3.05) is 27.2 Å². The predicted molar refractivity (Wildman–Crippen MR) is 74.0 cm³/mol. The van der Waals surface area contributed by atoms with E-state index in [4.69, 9.17) is 0 Å². The number of aromatic nitrogens is 2. The minimum Gasteiger partial charge on any atom is -0.493 e. The van der Waals surface area contributed by atoms with Gasteiger partial charge in [-0.05, 0) is 26.2 Å². The Morgan fingerprint density at radius 1 is 1.45 bits per heavy atom. The molecule has 0 fully saturated rings. The Bertz CT molecular complexity index is 694. The van der Waals surface area contributed by atoms with Gasteiger partial charge in [0.1, 0.15) is 5.65 Å². The van der Waals surface area contributed by atoms with Gasteiger partial charge in [-0.1, -0.05) is 6.07 Å². The Morgan fingerprint density at radius 3 is 2.90 bits per heavy atom. The highest BCUT2D eigenvalue weighted by atomic mass is 16.3. The number of carbonyl (C=O) groups excluding carboxylic acids is 1. The van der Waals surface area contributed by atoms with Gasteiger partial charge in [-0.2, -0.15) is 4.98 Å². The van der Waals surface area contributed by atoms with E-state index in [-0.39, 0.29) is 5.56 Å². The molecule has 0 spiro atoms. The van der Waals surface area contributed by atoms with Gasteiger partial charge in [0.05, 0.1) is 0 Å². The quantitative estimate of drug-likeness (QED) is 0.800. The second-order valence-corrected chi connectivity index (χ2v) is 4.60. The first-order chi connectivity index (χ1) is 9.50. The average molecular weight is 276 g/mol. The first-order valence-corrected chi connectivity index (χ1v) is 6.14. The molecule has 0 aliphatic heterocycles. The topological polar surface area (TPSA) is 86.9 Å². The highest BCUT2D eigenvalue weighted by Crippen LogP contribution is 2.10. The van der Waals surface area contributed by atoms with E-state index in [2.05, 4.69) is 10.3 Å². The number of hydrogen-bond donors (Lipinski definition) is 2. The van der Waals surface area contributed by atoms with Crippen LogP contribution in [0.3, 0.4) is 0 Å². The summed E-state index contributed by atoms with van der Waals surface area (Å²) in [6, 6.07) is 4.92. The molecule has 0 saturated carbocycles. The zero-order chi connectivity index (χ0) is 14.7. The number of amides is 1. The van der Waals surface area contributed by atoms with Crippen LogP contribution in [0.15, 0.2) is 29.2 Å². The lowest BCUT2D eigenvalue weighted by Crippen LogP contribution is -2.35. The molecule has 7 heteroatoms. The maximum atomic E-state index is 12.2. The zero-order valence-corrected chi connectivity index (χ0v) is 11.3. The summed E-state index contributed by atoms with van der Waals surface area (Å²) < 4.78 is 1.22. The van der Waals surface area contributed by atoms with Crippen molar-refractivity contribution in [3.63, 3.8) is 0 Å². The SMILES string of the molecule is CN(C)CCNC(=O)c1c(O)nc2ccccn2c1=O. The second-order valence-electron chi connectivity index (χ2n) is 4.60. The highest BCUT2D eigenvalue weighted by Gasteiger charge is 2.19. The Labute approximate surface area is 115 Å². The molecule has 0 saturated heterocycles. The summed E-state index contributed by atoms with van der Waals surface area (Å²) in [6.07, 6.45) is 1.50. The number of likely N-dealkylation sites (N-methyl/N-ethyl adjacent to an activating group) is 1. The molecule has 0 radical (unpaired) electrons. The molecule has 20 heavy (non-hydrogen) atoms. The largest absolute Gasteiger partial charge is 0.493 e. The Hall–Kier alpha value is -2.41. The molecule has 2 aromatic rings. The highest BCUT2D eigenvalue weighted by molar-refractivity contribution is 5.96. The van der Waals surface area contributed by atoms with Crippen molar-refractivity contribution in [1.82, 2.24) is 19.6 Å². The van der Waals surface area contributed by atoms with Crippen LogP contribution in [-0.4, -0.2) is 52.5 Å². The van der Waals surface area contributed by atoms with Crippen molar-refractivity contribution in [3.05, 3.63) is 40.3 Å². The third-order valence-electron chi connectivity index (χ3n) is 2.79. The molecule has 0 aliphatic carbocycles. The van der Waals surface area contributed by atoms with Crippen LogP contribution in [-0.2, 0) is 0 Å². The van der Waals surface area contributed by atoms with Crippen molar-refractivity contribution in [2.45, 2.75) is 0 Å². The predicted octanol–water partition coefficient (Wildman–Crippen LogP) is -0.309. The van der Waals surface area contributed by atoms with Crippen molar-refractivity contribution < 1.29 is 9.90 Å². The van der Waals surface area contributed by atoms with E-state index in [0.29, 0.717) is 18.7 Å². The van der Waals surface area contributed by atoms with Crippen molar-refractivity contribution in [3.8, 4) is 5.88 Å². The summed E-state index contributed by atoms with van der Waals surface area (Å²) in [5, 5.41) is 12.4. The van der Waals surface area contributed by atoms with Gasteiger partial charge in [-0.15, -0.1) is 0 Å². The van der Waals surface area contributed by atoms with Crippen LogP contribution in [0.5, 0.6) is 5.88 Å². The van der Waals surface area contributed by atoms with Gasteiger partial charge in [-0.3, -0.25) is 14.0 Å². The molecule has 2 heterocycles. The van der Waals surface area contributed by atoms with Gasteiger partial charge in [0.25, 0.3) is 11.5 Å². The zero-order valence-electron chi connectivity index (χ0n) is 11.3. The standard InChI is InChI=1S/C13H16N4O3/c1-16(2)8-6-14-11(18)10-12(19)15-9-5-3-4-7-17(9)13(10)20/h3-5,7,19H,6,8H2,1-2H3,(H,14,18). The molecular formula is C13H16N4O3. The van der Waals surface area contributed by atoms with Gasteiger partial charge < -0.3 is 15.3 Å². The van der Waals surface area contributed by atoms with Crippen molar-refractivity contribution >= 4 is 11.6 Å². The fourth-order valence-corrected chi connectivity index (χ4v) is 1.76. The van der Waals surface area contributed by atoms with Gasteiger partial charge in [-0.25, -0.2) is 0 Å². The number of nitrogens with zero attached hydrogens (tertiary/aromatic N) is 3. The summed E-state index contributed by atoms with van der Waals surface area (Å²) in [4.78, 5) is 29.9. The molecule has 1 amide bonds. The van der Waals surface area contributed by atoms with E-state index in [9.17, 15) is 14.7 Å². The van der Waals surface area contributed by atoms with Gasteiger partial charge >= 0.3 is 0 Å². The molecule has 0 unspecified atom stereocenters. The molecule has 0 atom stereocenters. The fourth-order valence-electron chi connectivity index (χ4n) is 1.76. The molecule has 2 aromatic heterocycles. The first-order valence-electron chi connectivity index (χ1n) is 6.14. The summed E-state index contributed by atoms with van der Waals surface area (Å²) >= 11 is 0. The molecule has 0 aliphatic rings. The van der Waals surface area contributed by atoms with Crippen LogP contribution in [0, 0.1) is 0 Å². The minimum atomic E-state index is -0.625. The smallest absolute Gasteiger partial charge is 0.274 e. The maximum absolute atomic E-state index is 12.2. The monoisotopic (exact) mass is 276 g/mol. The third kappa shape index (κ3) is 2.77. The van der Waals surface area contributed by atoms with E-state index < -0.39 is 17.3 Å². The number of carbonyl (C=O) groups is 1. The van der Waals surface area contributed by atoms with E-state index in [1.54, 1.807) is 18.2 Å². The van der Waals surface area contributed by atoms with E-state index in [1.807, 2.05) is 19.0 Å². The fraction of sp³-hybridized carbons (Fsp3) is 0.308. The number of hydrogen-bond acceptors (Lipinski definition) is 5. The van der Waals surface area contributed by atoms with Crippen molar-refractivity contribution in [1.29, 1.82) is 0 Å². The molecular weight excluding hydrogens is 260 g/mol. The summed E-state index contributed by atoms with van der Waals surface area (Å²) in [5.41, 5.74) is -0.636. The van der Waals surface area contributed by atoms with Gasteiger partial charge in [0, 0.05) is 19.3 Å². The number of fused-ring (bicyclic) bond motifs is 1. The van der Waals surface area contributed by atoms with Crippen LogP contribution < -0.4 is 10.9 Å². The molecule has 7 nitrogen and oxygen atoms in total. The molecule has 2 N–H and O–H groups in total. The summed E-state index contributed by atoms with van der Waals surface area (Å²) in [5.74, 6) is -1.18. The van der Waals surface area contributed by atoms with Crippen LogP contribution >= 0.6 is 0 Å². The Balaban J connectivity index is 2.34. The first kappa shape index (κ1) is 14.0. The van der Waals surface area contributed by atoms with Crippen molar-refractivity contribution in [2.24, 2.45) is 0 Å². The number of pyridine rings is 1. The third-order valence-corrected chi connectivity index (χ3v) is 2.79. The molecule has 0 bridgehead atoms. The summed E-state index contributed by atoms with van der Waals surface area (Å²) in [6.45, 7) is 1.01. The van der Waals surface area contributed by atoms with Gasteiger partial charge in [0.2, 0.25) is 5.88 Å². The lowest BCUT2D eigenvalue weighted by atomic mass is 10.3. The molecule has 0 aromatic carbocycles. The Morgan fingerprint density at radius 2 is 2.20 bits per heavy atom. The van der Waals surface area contributed by atoms with Crippen LogP contribution in [0.2, 0.25) is 0 Å². The summed E-state index contributed by atoms with van der Waals surface area (Å²) in [7, 11) is 3.74. The number of aromatic hydroxyl groups is 1.